The largest absolute Gasteiger partial charge is 0.310 e. The highest BCUT2D eigenvalue weighted by atomic mass is 35.5. The van der Waals surface area contributed by atoms with Gasteiger partial charge in [0.2, 0.25) is 0 Å². The smallest absolute Gasteiger partial charge is 0.0723 e. The van der Waals surface area contributed by atoms with Gasteiger partial charge in [0.15, 0.2) is 0 Å². The van der Waals surface area contributed by atoms with E-state index in [1.165, 1.54) is 36.9 Å². The van der Waals surface area contributed by atoms with Gasteiger partial charge >= 0.3 is 0 Å². The monoisotopic (exact) mass is 781 g/mol. The van der Waals surface area contributed by atoms with Crippen LogP contribution in [-0.4, -0.2) is 4.98 Å². The van der Waals surface area contributed by atoms with Crippen molar-refractivity contribution in [3.8, 4) is 33.5 Å². The Morgan fingerprint density at radius 2 is 1.02 bits per heavy atom. The van der Waals surface area contributed by atoms with E-state index in [4.69, 9.17) is 16.6 Å². The van der Waals surface area contributed by atoms with Gasteiger partial charge in [-0.25, -0.2) is 0 Å². The Morgan fingerprint density at radius 3 is 1.81 bits per heavy atom. The average Bonchev–Trinajstić information content (AvgIpc) is 3.66. The van der Waals surface area contributed by atoms with E-state index in [0.717, 1.165) is 50.9 Å². The molecule has 2 aromatic heterocycles. The second kappa shape index (κ2) is 15.5. The summed E-state index contributed by atoms with van der Waals surface area (Å²) in [6.45, 7) is 0. The molecule has 10 aromatic rings. The van der Waals surface area contributed by atoms with Crippen LogP contribution in [0.15, 0.2) is 219 Å². The highest BCUT2D eigenvalue weighted by Crippen LogP contribution is 2.46. The van der Waals surface area contributed by atoms with E-state index in [-0.39, 0.29) is 0 Å². The third kappa shape index (κ3) is 6.79. The van der Waals surface area contributed by atoms with Gasteiger partial charge in [0.25, 0.3) is 0 Å². The van der Waals surface area contributed by atoms with E-state index in [1.54, 1.807) is 0 Å². The summed E-state index contributed by atoms with van der Waals surface area (Å²) in [4.78, 5) is 9.35. The number of halogens is 1. The molecule has 0 fully saturated rings. The van der Waals surface area contributed by atoms with Crippen LogP contribution >= 0.6 is 22.9 Å². The van der Waals surface area contributed by atoms with Crippen LogP contribution in [0.25, 0.3) is 53.7 Å². The second-order valence-corrected chi connectivity index (χ2v) is 15.6. The van der Waals surface area contributed by atoms with Gasteiger partial charge in [-0.3, -0.25) is 4.98 Å². The number of rotatable bonds is 9. The van der Waals surface area contributed by atoms with E-state index < -0.39 is 0 Å². The SMILES string of the molecule is Clc1cccc(N(c2cccc(-c3cccc4c3sc3ccc(-c5ccccc5)cc34)c2)c2cccc(N(c3ccccc3)c3ccccc3-c3ccccn3)c2)c1. The lowest BCUT2D eigenvalue weighted by molar-refractivity contribution is 1.24. The third-order valence-electron chi connectivity index (χ3n) is 10.5. The van der Waals surface area contributed by atoms with Crippen molar-refractivity contribution in [1.29, 1.82) is 0 Å². The first-order valence-corrected chi connectivity index (χ1v) is 20.5. The molecule has 0 amide bonds. The number of pyridine rings is 1. The summed E-state index contributed by atoms with van der Waals surface area (Å²) in [5, 5.41) is 3.23. The highest BCUT2D eigenvalue weighted by Gasteiger charge is 2.21. The molecule has 58 heavy (non-hydrogen) atoms. The summed E-state index contributed by atoms with van der Waals surface area (Å²) in [5.41, 5.74) is 12.9. The van der Waals surface area contributed by atoms with Crippen LogP contribution in [0.1, 0.15) is 0 Å². The lowest BCUT2D eigenvalue weighted by Crippen LogP contribution is -2.14. The summed E-state index contributed by atoms with van der Waals surface area (Å²) in [6.07, 6.45) is 1.85. The van der Waals surface area contributed by atoms with E-state index in [0.29, 0.717) is 5.02 Å². The Kier molecular flexibility index (Phi) is 9.48. The molecule has 0 aliphatic carbocycles. The van der Waals surface area contributed by atoms with Crippen LogP contribution in [0, 0.1) is 0 Å². The third-order valence-corrected chi connectivity index (χ3v) is 12.0. The van der Waals surface area contributed by atoms with Crippen molar-refractivity contribution in [2.75, 3.05) is 9.80 Å². The summed E-state index contributed by atoms with van der Waals surface area (Å²) in [6, 6.07) is 74.8. The van der Waals surface area contributed by atoms with Gasteiger partial charge in [0.05, 0.1) is 11.4 Å². The standard InChI is InChI=1S/C53H36ClN3S/c54-40-18-12-22-43(35-40)56(44-23-13-24-45(36-44)57(41-19-5-2-6-20-41)51-29-8-7-25-48(51)50-28-9-10-32-55-50)42-21-11-17-39(33-42)46-26-14-27-47-49-34-38(37-15-3-1-4-16-37)30-31-52(49)58-53(46)47/h1-36H. The van der Waals surface area contributed by atoms with Gasteiger partial charge in [-0.2, -0.15) is 0 Å². The lowest BCUT2D eigenvalue weighted by atomic mass is 9.99. The maximum atomic E-state index is 6.72. The Balaban J connectivity index is 1.11. The first-order chi connectivity index (χ1) is 28.7. The van der Waals surface area contributed by atoms with Gasteiger partial charge in [-0.05, 0) is 113 Å². The first-order valence-electron chi connectivity index (χ1n) is 19.3. The molecule has 0 unspecified atom stereocenters. The zero-order valence-electron chi connectivity index (χ0n) is 31.4. The summed E-state index contributed by atoms with van der Waals surface area (Å²) < 4.78 is 2.56. The quantitative estimate of drug-likeness (QED) is 0.145. The number of anilines is 6. The number of thiophene rings is 1. The molecular weight excluding hydrogens is 746 g/mol. The molecule has 0 spiro atoms. The molecule has 0 aliphatic rings. The topological polar surface area (TPSA) is 19.4 Å². The van der Waals surface area contributed by atoms with E-state index in [1.807, 2.05) is 47.9 Å². The van der Waals surface area contributed by atoms with Crippen molar-refractivity contribution < 1.29 is 0 Å². The zero-order valence-corrected chi connectivity index (χ0v) is 33.0. The highest BCUT2D eigenvalue weighted by molar-refractivity contribution is 7.26. The van der Waals surface area contributed by atoms with Crippen LogP contribution in [0.2, 0.25) is 5.02 Å². The Morgan fingerprint density at radius 1 is 0.397 bits per heavy atom. The Labute approximate surface area is 347 Å². The van der Waals surface area contributed by atoms with Crippen LogP contribution in [0.3, 0.4) is 0 Å². The number of nitrogens with zero attached hydrogens (tertiary/aromatic N) is 3. The molecule has 0 saturated carbocycles. The summed E-state index contributed by atoms with van der Waals surface area (Å²) in [5.74, 6) is 0. The maximum Gasteiger partial charge on any atom is 0.0723 e. The van der Waals surface area contributed by atoms with Gasteiger partial charge in [0.1, 0.15) is 0 Å². The molecule has 8 aromatic carbocycles. The van der Waals surface area contributed by atoms with Crippen molar-refractivity contribution in [3.63, 3.8) is 0 Å². The predicted molar refractivity (Wildman–Crippen MR) is 248 cm³/mol. The zero-order chi connectivity index (χ0) is 38.8. The van der Waals surface area contributed by atoms with Crippen molar-refractivity contribution in [1.82, 2.24) is 4.98 Å². The first kappa shape index (κ1) is 35.4. The van der Waals surface area contributed by atoms with Gasteiger partial charge in [0, 0.05) is 65.4 Å². The fourth-order valence-corrected chi connectivity index (χ4v) is 9.30. The minimum absolute atomic E-state index is 0.676. The van der Waals surface area contributed by atoms with Gasteiger partial charge < -0.3 is 9.80 Å². The molecule has 0 radical (unpaired) electrons. The Bertz CT molecular complexity index is 3040. The molecule has 0 saturated heterocycles. The molecule has 2 heterocycles. The minimum Gasteiger partial charge on any atom is -0.310 e. The molecule has 5 heteroatoms. The molecule has 0 atom stereocenters. The molecular formula is C53H36ClN3S. The fourth-order valence-electron chi connectivity index (χ4n) is 7.89. The van der Waals surface area contributed by atoms with Crippen molar-refractivity contribution in [2.45, 2.75) is 0 Å². The lowest BCUT2D eigenvalue weighted by Gasteiger charge is -2.30. The molecule has 10 rings (SSSR count). The fraction of sp³-hybridized carbons (Fsp3) is 0. The van der Waals surface area contributed by atoms with Crippen molar-refractivity contribution in [2.24, 2.45) is 0 Å². The molecule has 276 valence electrons. The second-order valence-electron chi connectivity index (χ2n) is 14.1. The van der Waals surface area contributed by atoms with Crippen molar-refractivity contribution in [3.05, 3.63) is 224 Å². The molecule has 0 N–H and O–H groups in total. The minimum atomic E-state index is 0.676. The molecule has 0 bridgehead atoms. The van der Waals surface area contributed by atoms with Gasteiger partial charge in [-0.1, -0.05) is 133 Å². The number of hydrogen-bond donors (Lipinski definition) is 0. The number of fused-ring (bicyclic) bond motifs is 3. The summed E-state index contributed by atoms with van der Waals surface area (Å²) >= 11 is 8.58. The Hall–Kier alpha value is -6.98. The number of benzene rings is 8. The number of para-hydroxylation sites is 2. The van der Waals surface area contributed by atoms with Crippen LogP contribution in [0.4, 0.5) is 34.1 Å². The summed E-state index contributed by atoms with van der Waals surface area (Å²) in [7, 11) is 0. The average molecular weight is 782 g/mol. The van der Waals surface area contributed by atoms with E-state index >= 15 is 0 Å². The van der Waals surface area contributed by atoms with E-state index in [9.17, 15) is 0 Å². The van der Waals surface area contributed by atoms with Gasteiger partial charge in [-0.15, -0.1) is 11.3 Å². The normalized spacial score (nSPS) is 11.2. The van der Waals surface area contributed by atoms with E-state index in [2.05, 4.69) is 192 Å². The van der Waals surface area contributed by atoms with Crippen molar-refractivity contribution >= 4 is 77.2 Å². The molecule has 3 nitrogen and oxygen atoms in total. The predicted octanol–water partition coefficient (Wildman–Crippen LogP) is 16.0. The number of hydrogen-bond acceptors (Lipinski definition) is 4. The van der Waals surface area contributed by atoms with Crippen LogP contribution < -0.4 is 9.80 Å². The maximum absolute atomic E-state index is 6.72. The molecule has 0 aliphatic heterocycles. The van der Waals surface area contributed by atoms with Crippen LogP contribution in [0.5, 0.6) is 0 Å². The number of aromatic nitrogens is 1. The van der Waals surface area contributed by atoms with Crippen LogP contribution in [-0.2, 0) is 0 Å².